The molecule has 3 atom stereocenters. The van der Waals surface area contributed by atoms with Crippen molar-refractivity contribution < 1.29 is 23.1 Å². The van der Waals surface area contributed by atoms with Gasteiger partial charge in [-0.1, -0.05) is 19.4 Å². The third-order valence-corrected chi connectivity index (χ3v) is 6.56. The maximum absolute atomic E-state index is 12.5. The Balaban J connectivity index is 1.75. The first-order valence-electron chi connectivity index (χ1n) is 11.6. The monoisotopic (exact) mass is 401 g/mol. The smallest absolute Gasteiger partial charge is 0.337 e. The van der Waals surface area contributed by atoms with Gasteiger partial charge in [-0.05, 0) is 42.4 Å². The number of hydrogen-bond acceptors (Lipinski definition) is 5. The SMILES string of the molecule is [2H]C([2H])([2H])Oc1cccc2[nH]c3c(c12)CCN1C[C@@H](CC)[C@@H](/C(=C/OC)C(=O)OC)C[C@@H]31. The highest BCUT2D eigenvalue weighted by Crippen LogP contribution is 2.47. The number of nitrogens with zero attached hydrogens (tertiary/aromatic N) is 1. The van der Waals surface area contributed by atoms with E-state index in [-0.39, 0.29) is 17.9 Å². The zero-order chi connectivity index (χ0) is 23.0. The van der Waals surface area contributed by atoms with Crippen molar-refractivity contribution in [1.29, 1.82) is 0 Å². The van der Waals surface area contributed by atoms with Gasteiger partial charge in [-0.25, -0.2) is 4.79 Å². The van der Waals surface area contributed by atoms with Crippen LogP contribution < -0.4 is 4.74 Å². The second-order valence-corrected chi connectivity index (χ2v) is 7.87. The van der Waals surface area contributed by atoms with Crippen LogP contribution in [0.5, 0.6) is 5.75 Å². The van der Waals surface area contributed by atoms with E-state index in [4.69, 9.17) is 18.3 Å². The van der Waals surface area contributed by atoms with E-state index in [1.807, 2.05) is 6.07 Å². The van der Waals surface area contributed by atoms with Crippen LogP contribution in [0.3, 0.4) is 0 Å². The van der Waals surface area contributed by atoms with E-state index in [0.717, 1.165) is 54.5 Å². The molecule has 0 aliphatic carbocycles. The van der Waals surface area contributed by atoms with Gasteiger partial charge in [0.2, 0.25) is 0 Å². The van der Waals surface area contributed by atoms with E-state index in [1.54, 1.807) is 19.2 Å². The minimum atomic E-state index is -2.51. The molecule has 2 aliphatic heterocycles. The molecule has 1 aromatic heterocycles. The van der Waals surface area contributed by atoms with Crippen molar-refractivity contribution in [3.05, 3.63) is 41.3 Å². The molecule has 0 amide bonds. The number of carbonyl (C=O) groups excluding carboxylic acids is 1. The molecule has 6 heteroatoms. The Morgan fingerprint density at radius 2 is 2.28 bits per heavy atom. The molecule has 156 valence electrons. The summed E-state index contributed by atoms with van der Waals surface area (Å²) in [5.41, 5.74) is 3.61. The average molecular weight is 402 g/mol. The summed E-state index contributed by atoms with van der Waals surface area (Å²) in [6.45, 7) is 3.89. The van der Waals surface area contributed by atoms with Crippen LogP contribution in [0.4, 0.5) is 0 Å². The Bertz CT molecular complexity index is 1030. The van der Waals surface area contributed by atoms with Gasteiger partial charge >= 0.3 is 5.97 Å². The molecule has 3 heterocycles. The minimum Gasteiger partial charge on any atom is -0.504 e. The van der Waals surface area contributed by atoms with E-state index >= 15 is 0 Å². The Morgan fingerprint density at radius 3 is 3.00 bits per heavy atom. The molecule has 2 aromatic rings. The van der Waals surface area contributed by atoms with Crippen LogP contribution in [0, 0.1) is 11.8 Å². The summed E-state index contributed by atoms with van der Waals surface area (Å²) >= 11 is 0. The standard InChI is InChI=1S/C23H30N2O4/c1-5-14-12-25-10-9-15-21-18(7-6-8-20(21)28-3)24-22(15)19(25)11-16(14)17(13-27-2)23(26)29-4/h6-8,13-14,16,19,24H,5,9-12H2,1-4H3/b17-13-/t14-,16+,19+/m1/s1/i3D3. The van der Waals surface area contributed by atoms with Crippen molar-refractivity contribution in [3.8, 4) is 5.75 Å². The van der Waals surface area contributed by atoms with Crippen LogP contribution in [-0.4, -0.2) is 50.2 Å². The van der Waals surface area contributed by atoms with E-state index in [9.17, 15) is 4.79 Å². The Labute approximate surface area is 176 Å². The highest BCUT2D eigenvalue weighted by molar-refractivity contribution is 5.91. The summed E-state index contributed by atoms with van der Waals surface area (Å²) in [5, 5.41) is 0.841. The summed E-state index contributed by atoms with van der Waals surface area (Å²) in [7, 11) is 0.427. The second-order valence-electron chi connectivity index (χ2n) is 7.87. The lowest BCUT2D eigenvalue weighted by Gasteiger charge is -2.46. The van der Waals surface area contributed by atoms with E-state index in [1.165, 1.54) is 13.4 Å². The van der Waals surface area contributed by atoms with Gasteiger partial charge in [0.25, 0.3) is 0 Å². The summed E-state index contributed by atoms with van der Waals surface area (Å²) in [6.07, 6.45) is 4.03. The van der Waals surface area contributed by atoms with Crippen molar-refractivity contribution in [1.82, 2.24) is 9.88 Å². The fraction of sp³-hybridized carbons (Fsp3) is 0.522. The van der Waals surface area contributed by atoms with Crippen LogP contribution >= 0.6 is 0 Å². The maximum Gasteiger partial charge on any atom is 0.337 e. The number of hydrogen-bond donors (Lipinski definition) is 1. The van der Waals surface area contributed by atoms with Gasteiger partial charge in [-0.3, -0.25) is 4.90 Å². The molecule has 4 rings (SSSR count). The molecule has 1 fully saturated rings. The summed E-state index contributed by atoms with van der Waals surface area (Å²) in [6, 6.07) is 5.55. The number of aromatic nitrogens is 1. The first-order chi connectivity index (χ1) is 15.3. The molecule has 6 nitrogen and oxygen atoms in total. The Hall–Kier alpha value is -2.47. The quantitative estimate of drug-likeness (QED) is 0.469. The Morgan fingerprint density at radius 1 is 1.41 bits per heavy atom. The fourth-order valence-electron chi connectivity index (χ4n) is 5.20. The lowest BCUT2D eigenvalue weighted by molar-refractivity contribution is -0.137. The third-order valence-electron chi connectivity index (χ3n) is 6.56. The summed E-state index contributed by atoms with van der Waals surface area (Å²) in [5.74, 6) is 0.336. The topological polar surface area (TPSA) is 63.8 Å². The van der Waals surface area contributed by atoms with Crippen molar-refractivity contribution >= 4 is 16.9 Å². The molecule has 0 bridgehead atoms. The number of H-pyrrole nitrogens is 1. The third kappa shape index (κ3) is 3.29. The van der Waals surface area contributed by atoms with Crippen LogP contribution in [0.25, 0.3) is 10.9 Å². The zero-order valence-corrected chi connectivity index (χ0v) is 17.2. The number of piperidine rings is 1. The summed E-state index contributed by atoms with van der Waals surface area (Å²) in [4.78, 5) is 18.5. The van der Waals surface area contributed by atoms with Crippen molar-refractivity contribution in [2.24, 2.45) is 11.8 Å². The van der Waals surface area contributed by atoms with Gasteiger partial charge in [-0.2, -0.15) is 0 Å². The first-order valence-corrected chi connectivity index (χ1v) is 10.1. The molecule has 1 aromatic carbocycles. The van der Waals surface area contributed by atoms with Gasteiger partial charge in [-0.15, -0.1) is 0 Å². The molecule has 0 radical (unpaired) electrons. The first kappa shape index (κ1) is 16.3. The molecule has 0 unspecified atom stereocenters. The molecule has 0 spiro atoms. The van der Waals surface area contributed by atoms with E-state index < -0.39 is 7.04 Å². The number of nitrogens with one attached hydrogen (secondary N) is 1. The number of aromatic amines is 1. The van der Waals surface area contributed by atoms with Gasteiger partial charge in [0.1, 0.15) is 5.75 Å². The van der Waals surface area contributed by atoms with Gasteiger partial charge in [0.05, 0.1) is 43.2 Å². The number of fused-ring (bicyclic) bond motifs is 5. The predicted octanol–water partition coefficient (Wildman–Crippen LogP) is 3.83. The van der Waals surface area contributed by atoms with Gasteiger partial charge in [0, 0.05) is 29.7 Å². The largest absolute Gasteiger partial charge is 0.504 e. The molecular formula is C23H30N2O4. The molecule has 1 N–H and O–H groups in total. The number of benzene rings is 1. The number of esters is 1. The number of ether oxygens (including phenoxy) is 3. The second kappa shape index (κ2) is 8.11. The molecule has 2 aliphatic rings. The van der Waals surface area contributed by atoms with E-state index in [2.05, 4.69) is 16.8 Å². The van der Waals surface area contributed by atoms with Crippen LogP contribution in [0.2, 0.25) is 0 Å². The maximum atomic E-state index is 12.5. The minimum absolute atomic E-state index is 0.00380. The van der Waals surface area contributed by atoms with Crippen LogP contribution in [-0.2, 0) is 20.7 Å². The Kier molecular flexibility index (Phi) is 4.57. The number of rotatable bonds is 5. The summed E-state index contributed by atoms with van der Waals surface area (Å²) < 4.78 is 38.2. The van der Waals surface area contributed by atoms with Gasteiger partial charge in [0.15, 0.2) is 0 Å². The molecule has 1 saturated heterocycles. The highest BCUT2D eigenvalue weighted by Gasteiger charge is 2.42. The van der Waals surface area contributed by atoms with E-state index in [0.29, 0.717) is 17.2 Å². The average Bonchev–Trinajstić information content (AvgIpc) is 3.15. The van der Waals surface area contributed by atoms with Crippen molar-refractivity contribution in [3.63, 3.8) is 0 Å². The van der Waals surface area contributed by atoms with Crippen molar-refractivity contribution in [2.45, 2.75) is 32.2 Å². The highest BCUT2D eigenvalue weighted by atomic mass is 16.5. The fourth-order valence-corrected chi connectivity index (χ4v) is 5.20. The number of methoxy groups -OCH3 is 3. The van der Waals surface area contributed by atoms with Crippen molar-refractivity contribution in [2.75, 3.05) is 34.3 Å². The zero-order valence-electron chi connectivity index (χ0n) is 20.2. The van der Waals surface area contributed by atoms with Crippen LogP contribution in [0.15, 0.2) is 30.0 Å². The van der Waals surface area contributed by atoms with Crippen LogP contribution in [0.1, 0.15) is 41.2 Å². The molecular weight excluding hydrogens is 368 g/mol. The lowest BCUT2D eigenvalue weighted by atomic mass is 9.74. The molecule has 29 heavy (non-hydrogen) atoms. The number of carbonyl (C=O) groups is 1. The lowest BCUT2D eigenvalue weighted by Crippen LogP contribution is -2.47. The normalized spacial score (nSPS) is 26.7. The van der Waals surface area contributed by atoms with Gasteiger partial charge < -0.3 is 19.2 Å². The molecule has 0 saturated carbocycles. The predicted molar refractivity (Wildman–Crippen MR) is 112 cm³/mol.